The molecule has 0 amide bonds. The molecule has 3 unspecified atom stereocenters. The minimum atomic E-state index is 0.972. The maximum absolute atomic E-state index is 2.49. The summed E-state index contributed by atoms with van der Waals surface area (Å²) < 4.78 is 2.49. The van der Waals surface area contributed by atoms with Crippen LogP contribution in [-0.4, -0.2) is 22.9 Å². The summed E-state index contributed by atoms with van der Waals surface area (Å²) in [6.45, 7) is 4.44. The van der Waals surface area contributed by atoms with Gasteiger partial charge in [0.15, 0.2) is 0 Å². The topological polar surface area (TPSA) is 3.01 Å². The second kappa shape index (κ2) is 1.59. The van der Waals surface area contributed by atoms with Gasteiger partial charge in [-0.2, -0.15) is 0 Å². The molecule has 0 bridgehead atoms. The van der Waals surface area contributed by atoms with Gasteiger partial charge in [-0.25, -0.2) is 4.58 Å². The van der Waals surface area contributed by atoms with Gasteiger partial charge in [0.1, 0.15) is 6.21 Å². The molecule has 1 saturated heterocycles. The van der Waals surface area contributed by atoms with Crippen LogP contribution in [0.4, 0.5) is 0 Å². The second-order valence-corrected chi connectivity index (χ2v) is 3.17. The maximum atomic E-state index is 2.49. The predicted octanol–water partition coefficient (Wildman–Crippen LogP) is 1.27. The molecule has 0 radical (unpaired) electrons. The summed E-state index contributed by atoms with van der Waals surface area (Å²) in [6, 6.07) is 1.94. The summed E-state index contributed by atoms with van der Waals surface area (Å²) in [7, 11) is 0. The van der Waals surface area contributed by atoms with E-state index in [-0.39, 0.29) is 0 Å². The molecule has 3 atom stereocenters. The molecule has 1 saturated carbocycles. The lowest BCUT2D eigenvalue weighted by Crippen LogP contribution is -2.22. The Hall–Kier alpha value is -0.330. The first-order valence-electron chi connectivity index (χ1n) is 3.95. The first kappa shape index (κ1) is 5.45. The Kier molecular flexibility index (Phi) is 0.961. The van der Waals surface area contributed by atoms with Crippen LogP contribution >= 0.6 is 0 Å². The van der Waals surface area contributed by atoms with Crippen molar-refractivity contribution in [2.24, 2.45) is 5.92 Å². The van der Waals surface area contributed by atoms with Gasteiger partial charge in [-0.05, 0) is 6.42 Å². The van der Waals surface area contributed by atoms with E-state index in [1.165, 1.54) is 12.8 Å². The fourth-order valence-electron chi connectivity index (χ4n) is 2.16. The summed E-state index contributed by atoms with van der Waals surface area (Å²) in [4.78, 5) is 0. The molecule has 0 aromatic rings. The second-order valence-electron chi connectivity index (χ2n) is 3.17. The van der Waals surface area contributed by atoms with E-state index >= 15 is 0 Å². The monoisotopic (exact) mass is 124 g/mol. The molecule has 0 N–H and O–H groups in total. The molecule has 1 nitrogen and oxygen atoms in total. The van der Waals surface area contributed by atoms with Gasteiger partial charge in [-0.15, -0.1) is 0 Å². The summed E-state index contributed by atoms with van der Waals surface area (Å²) in [5.74, 6) is 1.03. The lowest BCUT2D eigenvalue weighted by Gasteiger charge is -2.10. The molecule has 50 valence electrons. The van der Waals surface area contributed by atoms with Crippen LogP contribution in [0.15, 0.2) is 0 Å². The fraction of sp³-hybridized carbons (Fsp3) is 0.875. The number of fused-ring (bicyclic) bond motifs is 1. The SMILES string of the molecule is CC=[N+]1C2CC(CC)C21. The minimum absolute atomic E-state index is 0.972. The van der Waals surface area contributed by atoms with Crippen molar-refractivity contribution in [1.82, 2.24) is 0 Å². The first-order valence-corrected chi connectivity index (χ1v) is 3.95. The number of hydrogen-bond donors (Lipinski definition) is 0. The smallest absolute Gasteiger partial charge is 0.216 e. The Morgan fingerprint density at radius 2 is 2.44 bits per heavy atom. The Morgan fingerprint density at radius 1 is 1.67 bits per heavy atom. The zero-order chi connectivity index (χ0) is 6.43. The molecular weight excluding hydrogens is 110 g/mol. The lowest BCUT2D eigenvalue weighted by atomic mass is 9.84. The van der Waals surface area contributed by atoms with Crippen LogP contribution in [0, 0.1) is 5.92 Å². The fourth-order valence-corrected chi connectivity index (χ4v) is 2.16. The van der Waals surface area contributed by atoms with Crippen LogP contribution in [-0.2, 0) is 0 Å². The van der Waals surface area contributed by atoms with Gasteiger partial charge < -0.3 is 0 Å². The van der Waals surface area contributed by atoms with Crippen molar-refractivity contribution < 1.29 is 4.58 Å². The zero-order valence-corrected chi connectivity index (χ0v) is 6.17. The number of hydrogen-bond acceptors (Lipinski definition) is 0. The highest BCUT2D eigenvalue weighted by molar-refractivity contribution is 5.48. The van der Waals surface area contributed by atoms with Gasteiger partial charge in [0.2, 0.25) is 12.1 Å². The van der Waals surface area contributed by atoms with Crippen molar-refractivity contribution in [2.45, 2.75) is 38.8 Å². The van der Waals surface area contributed by atoms with E-state index < -0.39 is 0 Å². The molecule has 2 fully saturated rings. The molecule has 1 aliphatic heterocycles. The standard InChI is InChI=1S/C8H14N/c1-3-6-5-7-8(6)9(7)4-2/h4,6-8H,3,5H2,1-2H3/q+1. The molecule has 1 aliphatic carbocycles. The van der Waals surface area contributed by atoms with Crippen molar-refractivity contribution in [3.63, 3.8) is 0 Å². The van der Waals surface area contributed by atoms with E-state index in [1.54, 1.807) is 0 Å². The van der Waals surface area contributed by atoms with Gasteiger partial charge in [-0.3, -0.25) is 0 Å². The third kappa shape index (κ3) is 0.525. The number of nitrogens with zero attached hydrogens (tertiary/aromatic N) is 1. The van der Waals surface area contributed by atoms with Gasteiger partial charge in [-0.1, -0.05) is 6.92 Å². The van der Waals surface area contributed by atoms with Crippen LogP contribution < -0.4 is 0 Å². The van der Waals surface area contributed by atoms with Crippen molar-refractivity contribution in [2.75, 3.05) is 0 Å². The molecule has 0 spiro atoms. The Labute approximate surface area is 56.4 Å². The molecule has 1 heterocycles. The van der Waals surface area contributed by atoms with Gasteiger partial charge in [0.25, 0.3) is 0 Å². The van der Waals surface area contributed by atoms with E-state index in [0.29, 0.717) is 0 Å². The van der Waals surface area contributed by atoms with Crippen molar-refractivity contribution >= 4 is 6.21 Å². The average Bonchev–Trinajstić information content (AvgIpc) is 2.38. The normalized spacial score (nSPS) is 50.4. The van der Waals surface area contributed by atoms with E-state index in [1.807, 2.05) is 0 Å². The van der Waals surface area contributed by atoms with Gasteiger partial charge >= 0.3 is 0 Å². The van der Waals surface area contributed by atoms with E-state index in [0.717, 1.165) is 18.0 Å². The van der Waals surface area contributed by atoms with E-state index in [2.05, 4.69) is 24.6 Å². The largest absolute Gasteiger partial charge is 0.221 e. The van der Waals surface area contributed by atoms with Gasteiger partial charge in [0, 0.05) is 19.3 Å². The minimum Gasteiger partial charge on any atom is -0.221 e. The lowest BCUT2D eigenvalue weighted by molar-refractivity contribution is -0.363. The highest BCUT2D eigenvalue weighted by Gasteiger charge is 2.68. The molecule has 2 aliphatic rings. The first-order chi connectivity index (χ1) is 4.38. The highest BCUT2D eigenvalue weighted by Crippen LogP contribution is 2.47. The van der Waals surface area contributed by atoms with Crippen LogP contribution in [0.5, 0.6) is 0 Å². The zero-order valence-electron chi connectivity index (χ0n) is 6.17. The molecule has 1 heteroatoms. The van der Waals surface area contributed by atoms with E-state index in [9.17, 15) is 0 Å². The molecule has 0 aromatic heterocycles. The summed E-state index contributed by atoms with van der Waals surface area (Å²) in [6.07, 6.45) is 5.09. The van der Waals surface area contributed by atoms with Crippen LogP contribution in [0.3, 0.4) is 0 Å². The van der Waals surface area contributed by atoms with Crippen molar-refractivity contribution in [3.8, 4) is 0 Å². The van der Waals surface area contributed by atoms with E-state index in [4.69, 9.17) is 0 Å². The Morgan fingerprint density at radius 3 is 2.78 bits per heavy atom. The van der Waals surface area contributed by atoms with Crippen molar-refractivity contribution in [1.29, 1.82) is 0 Å². The summed E-state index contributed by atoms with van der Waals surface area (Å²) >= 11 is 0. The molecular formula is C8H14N+. The third-order valence-electron chi connectivity index (χ3n) is 2.88. The quantitative estimate of drug-likeness (QED) is 0.366. The molecule has 2 rings (SSSR count). The average molecular weight is 124 g/mol. The number of rotatable bonds is 1. The van der Waals surface area contributed by atoms with Gasteiger partial charge in [0.05, 0.1) is 0 Å². The predicted molar refractivity (Wildman–Crippen MR) is 38.0 cm³/mol. The maximum Gasteiger partial charge on any atom is 0.216 e. The summed E-state index contributed by atoms with van der Waals surface area (Å²) in [5, 5.41) is 0. The molecule has 0 aromatic carbocycles. The van der Waals surface area contributed by atoms with Crippen LogP contribution in [0.25, 0.3) is 0 Å². The molecule has 9 heavy (non-hydrogen) atoms. The van der Waals surface area contributed by atoms with Crippen LogP contribution in [0.2, 0.25) is 0 Å². The summed E-state index contributed by atoms with van der Waals surface area (Å²) in [5.41, 5.74) is 0. The highest BCUT2D eigenvalue weighted by atomic mass is 15.3. The Bertz CT molecular complexity index is 160. The third-order valence-corrected chi connectivity index (χ3v) is 2.88. The van der Waals surface area contributed by atoms with Crippen LogP contribution in [0.1, 0.15) is 26.7 Å². The Balaban J connectivity index is 2.01. The van der Waals surface area contributed by atoms with Crippen molar-refractivity contribution in [3.05, 3.63) is 0 Å².